The van der Waals surface area contributed by atoms with Gasteiger partial charge in [-0.3, -0.25) is 4.98 Å². The molecule has 2 N–H and O–H groups in total. The van der Waals surface area contributed by atoms with Gasteiger partial charge in [0.05, 0.1) is 5.69 Å². The summed E-state index contributed by atoms with van der Waals surface area (Å²) in [5, 5.41) is 13.4. The molecule has 0 spiro atoms. The van der Waals surface area contributed by atoms with Crippen molar-refractivity contribution in [2.75, 3.05) is 6.54 Å². The molecular weight excluding hydrogens is 244 g/mol. The van der Waals surface area contributed by atoms with Gasteiger partial charge in [0.15, 0.2) is 0 Å². The molecule has 0 saturated carbocycles. The van der Waals surface area contributed by atoms with E-state index in [1.165, 1.54) is 17.7 Å². The first kappa shape index (κ1) is 15.5. The van der Waals surface area contributed by atoms with Crippen LogP contribution in [0.5, 0.6) is 0 Å². The van der Waals surface area contributed by atoms with Crippen molar-refractivity contribution in [2.45, 2.75) is 51.7 Å². The first-order valence-electron chi connectivity index (χ1n) is 6.37. The van der Waals surface area contributed by atoms with Gasteiger partial charge >= 0.3 is 0 Å². The number of nitrogens with one attached hydrogen (secondary N) is 1. The molecule has 1 aromatic heterocycles. The standard InChI is InChI=1S/C14H22N2O.H2S/c1-14(2,3)15-9-13(17)12-8-7-10-5-4-6-11(10)16-12;/h7-8,13,15,17H,4-6,9H2,1-3H3;1H2/t13-;/m0./s1. The van der Waals surface area contributed by atoms with Crippen LogP contribution in [0.3, 0.4) is 0 Å². The summed E-state index contributed by atoms with van der Waals surface area (Å²) < 4.78 is 0. The molecule has 0 radical (unpaired) electrons. The molecule has 0 bridgehead atoms. The summed E-state index contributed by atoms with van der Waals surface area (Å²) in [6.45, 7) is 6.83. The average molecular weight is 268 g/mol. The number of pyridine rings is 1. The fraction of sp³-hybridized carbons (Fsp3) is 0.643. The highest BCUT2D eigenvalue weighted by Gasteiger charge is 2.17. The molecule has 1 atom stereocenters. The number of hydrogen-bond donors (Lipinski definition) is 2. The zero-order chi connectivity index (χ0) is 12.5. The maximum absolute atomic E-state index is 10.1. The Kier molecular flexibility index (Phi) is 5.20. The lowest BCUT2D eigenvalue weighted by atomic mass is 10.1. The monoisotopic (exact) mass is 268 g/mol. The summed E-state index contributed by atoms with van der Waals surface area (Å²) in [4.78, 5) is 4.56. The number of aliphatic hydroxyl groups excluding tert-OH is 1. The Hall–Kier alpha value is -0.580. The van der Waals surface area contributed by atoms with Gasteiger partial charge in [-0.05, 0) is 51.7 Å². The Bertz CT molecular complexity index is 401. The van der Waals surface area contributed by atoms with Crippen molar-refractivity contribution in [1.29, 1.82) is 0 Å². The number of aromatic nitrogens is 1. The Labute approximate surface area is 116 Å². The van der Waals surface area contributed by atoms with Crippen LogP contribution in [0.2, 0.25) is 0 Å². The molecule has 0 saturated heterocycles. The second kappa shape index (κ2) is 6.04. The van der Waals surface area contributed by atoms with Gasteiger partial charge < -0.3 is 10.4 Å². The molecule has 1 aromatic rings. The van der Waals surface area contributed by atoms with Crippen molar-refractivity contribution in [3.8, 4) is 0 Å². The van der Waals surface area contributed by atoms with Crippen LogP contribution in [0.15, 0.2) is 12.1 Å². The van der Waals surface area contributed by atoms with Gasteiger partial charge in [-0.1, -0.05) is 6.07 Å². The molecule has 2 rings (SSSR count). The van der Waals surface area contributed by atoms with Gasteiger partial charge in [-0.15, -0.1) is 0 Å². The first-order chi connectivity index (χ1) is 7.96. The second-order valence-electron chi connectivity index (χ2n) is 5.84. The second-order valence-corrected chi connectivity index (χ2v) is 5.84. The van der Waals surface area contributed by atoms with Gasteiger partial charge in [-0.2, -0.15) is 13.5 Å². The van der Waals surface area contributed by atoms with Crippen molar-refractivity contribution in [3.05, 3.63) is 29.1 Å². The SMILES string of the molecule is CC(C)(C)NC[C@H](O)c1ccc2c(n1)CCC2.S. The van der Waals surface area contributed by atoms with Crippen LogP contribution >= 0.6 is 13.5 Å². The van der Waals surface area contributed by atoms with E-state index in [0.717, 1.165) is 18.5 Å². The zero-order valence-electron chi connectivity index (χ0n) is 11.5. The molecule has 1 aliphatic carbocycles. The topological polar surface area (TPSA) is 45.1 Å². The molecule has 4 heteroatoms. The third kappa shape index (κ3) is 3.97. The minimum atomic E-state index is -0.514. The average Bonchev–Trinajstić information content (AvgIpc) is 2.71. The quantitative estimate of drug-likeness (QED) is 0.882. The number of nitrogens with zero attached hydrogens (tertiary/aromatic N) is 1. The third-order valence-corrected chi connectivity index (χ3v) is 3.12. The van der Waals surface area contributed by atoms with Gasteiger partial charge in [0.25, 0.3) is 0 Å². The zero-order valence-corrected chi connectivity index (χ0v) is 12.5. The van der Waals surface area contributed by atoms with Crippen LogP contribution in [0.4, 0.5) is 0 Å². The number of rotatable bonds is 3. The summed E-state index contributed by atoms with van der Waals surface area (Å²) in [5.41, 5.74) is 3.35. The van der Waals surface area contributed by atoms with E-state index in [4.69, 9.17) is 0 Å². The Balaban J connectivity index is 0.00000162. The number of aryl methyl sites for hydroxylation is 2. The van der Waals surface area contributed by atoms with Crippen molar-refractivity contribution < 1.29 is 5.11 Å². The molecule has 0 amide bonds. The smallest absolute Gasteiger partial charge is 0.108 e. The lowest BCUT2D eigenvalue weighted by Gasteiger charge is -2.22. The van der Waals surface area contributed by atoms with Crippen molar-refractivity contribution in [2.24, 2.45) is 0 Å². The molecule has 0 aromatic carbocycles. The van der Waals surface area contributed by atoms with Crippen LogP contribution in [-0.4, -0.2) is 22.2 Å². The Morgan fingerprint density at radius 2 is 2.06 bits per heavy atom. The predicted molar refractivity (Wildman–Crippen MR) is 79.4 cm³/mol. The van der Waals surface area contributed by atoms with E-state index in [0.29, 0.717) is 6.54 Å². The molecule has 102 valence electrons. The maximum atomic E-state index is 10.1. The van der Waals surface area contributed by atoms with Gasteiger partial charge in [0.1, 0.15) is 6.10 Å². The van der Waals surface area contributed by atoms with Crippen LogP contribution < -0.4 is 5.32 Å². The molecule has 18 heavy (non-hydrogen) atoms. The molecule has 3 nitrogen and oxygen atoms in total. The Morgan fingerprint density at radius 3 is 2.72 bits per heavy atom. The van der Waals surface area contributed by atoms with Gasteiger partial charge in [0.2, 0.25) is 0 Å². The molecule has 0 fully saturated rings. The fourth-order valence-corrected chi connectivity index (χ4v) is 2.13. The summed E-state index contributed by atoms with van der Waals surface area (Å²) in [6.07, 6.45) is 2.88. The summed E-state index contributed by atoms with van der Waals surface area (Å²) in [6, 6.07) is 4.07. The number of β-amino-alcohol motifs (C(OH)–C–C–N with tert-alkyl or cyclic N) is 1. The Morgan fingerprint density at radius 1 is 1.33 bits per heavy atom. The lowest BCUT2D eigenvalue weighted by Crippen LogP contribution is -2.38. The number of hydrogen-bond acceptors (Lipinski definition) is 3. The van der Waals surface area contributed by atoms with Crippen molar-refractivity contribution >= 4 is 13.5 Å². The van der Waals surface area contributed by atoms with Crippen LogP contribution in [0, 0.1) is 0 Å². The fourth-order valence-electron chi connectivity index (χ4n) is 2.13. The highest BCUT2D eigenvalue weighted by molar-refractivity contribution is 7.59. The highest BCUT2D eigenvalue weighted by Crippen LogP contribution is 2.22. The molecule has 0 unspecified atom stereocenters. The summed E-state index contributed by atoms with van der Waals surface area (Å²) in [5.74, 6) is 0. The van der Waals surface area contributed by atoms with Gasteiger partial charge in [0, 0.05) is 17.8 Å². The molecule has 1 aliphatic rings. The first-order valence-corrected chi connectivity index (χ1v) is 6.37. The van der Waals surface area contributed by atoms with Crippen molar-refractivity contribution in [1.82, 2.24) is 10.3 Å². The van der Waals surface area contributed by atoms with E-state index in [9.17, 15) is 5.11 Å². The largest absolute Gasteiger partial charge is 0.385 e. The van der Waals surface area contributed by atoms with E-state index in [-0.39, 0.29) is 19.0 Å². The minimum Gasteiger partial charge on any atom is -0.385 e. The number of fused-ring (bicyclic) bond motifs is 1. The summed E-state index contributed by atoms with van der Waals surface area (Å²) >= 11 is 0. The summed E-state index contributed by atoms with van der Waals surface area (Å²) in [7, 11) is 0. The van der Waals surface area contributed by atoms with Gasteiger partial charge in [-0.25, -0.2) is 0 Å². The van der Waals surface area contributed by atoms with Crippen molar-refractivity contribution in [3.63, 3.8) is 0 Å². The number of aliphatic hydroxyl groups is 1. The lowest BCUT2D eigenvalue weighted by molar-refractivity contribution is 0.159. The van der Waals surface area contributed by atoms with E-state index < -0.39 is 6.10 Å². The molecule has 0 aliphatic heterocycles. The van der Waals surface area contributed by atoms with Crippen LogP contribution in [0.1, 0.15) is 50.2 Å². The van der Waals surface area contributed by atoms with E-state index in [2.05, 4.69) is 37.1 Å². The van der Waals surface area contributed by atoms with E-state index >= 15 is 0 Å². The van der Waals surface area contributed by atoms with E-state index in [1.54, 1.807) is 0 Å². The normalized spacial score (nSPS) is 16.0. The molecular formula is C14H24N2OS. The minimum absolute atomic E-state index is 0. The van der Waals surface area contributed by atoms with Crippen LogP contribution in [0.25, 0.3) is 0 Å². The third-order valence-electron chi connectivity index (χ3n) is 3.12. The highest BCUT2D eigenvalue weighted by atomic mass is 32.1. The van der Waals surface area contributed by atoms with Crippen LogP contribution in [-0.2, 0) is 12.8 Å². The molecule has 1 heterocycles. The predicted octanol–water partition coefficient (Wildman–Crippen LogP) is 2.10. The maximum Gasteiger partial charge on any atom is 0.108 e. The van der Waals surface area contributed by atoms with E-state index in [1.807, 2.05) is 6.07 Å².